The molecule has 0 amide bonds. The van der Waals surface area contributed by atoms with E-state index in [0.29, 0.717) is 24.1 Å². The third kappa shape index (κ3) is 3.08. The first-order chi connectivity index (χ1) is 10.3. The number of carboxylic acid groups (broad SMARTS) is 1. The van der Waals surface area contributed by atoms with Gasteiger partial charge in [0.15, 0.2) is 0 Å². The molecule has 1 aromatic heterocycles. The van der Waals surface area contributed by atoms with Crippen LogP contribution in [0.4, 0.5) is 5.69 Å². The van der Waals surface area contributed by atoms with Crippen molar-refractivity contribution in [2.24, 2.45) is 11.8 Å². The Balaban J connectivity index is 1.67. The van der Waals surface area contributed by atoms with Crippen molar-refractivity contribution in [3.8, 4) is 0 Å². The molecule has 112 valence electrons. The van der Waals surface area contributed by atoms with E-state index in [4.69, 9.17) is 4.74 Å². The third-order valence-electron chi connectivity index (χ3n) is 4.41. The Hall–Kier alpha value is -1.88. The van der Waals surface area contributed by atoms with E-state index in [2.05, 4.69) is 22.5 Å². The number of hydrogen-bond acceptors (Lipinski definition) is 4. The average molecular weight is 288 g/mol. The molecule has 2 heterocycles. The monoisotopic (exact) mass is 288 g/mol. The van der Waals surface area contributed by atoms with E-state index in [1.807, 2.05) is 0 Å². The van der Waals surface area contributed by atoms with Gasteiger partial charge in [-0.05, 0) is 37.2 Å². The molecule has 21 heavy (non-hydrogen) atoms. The summed E-state index contributed by atoms with van der Waals surface area (Å²) in [5, 5.41) is 12.4. The topological polar surface area (TPSA) is 71.5 Å². The van der Waals surface area contributed by atoms with Crippen molar-refractivity contribution >= 4 is 11.7 Å². The van der Waals surface area contributed by atoms with Crippen LogP contribution in [0.25, 0.3) is 0 Å². The first kappa shape index (κ1) is 14.1. The Morgan fingerprint density at radius 1 is 1.48 bits per heavy atom. The minimum atomic E-state index is -0.942. The number of aromatic carboxylic acids is 1. The Morgan fingerprint density at radius 2 is 2.38 bits per heavy atom. The summed E-state index contributed by atoms with van der Waals surface area (Å²) >= 11 is 0. The number of allylic oxidation sites excluding steroid dienone is 2. The van der Waals surface area contributed by atoms with Crippen LogP contribution in [0.15, 0.2) is 30.6 Å². The number of carboxylic acids is 1. The van der Waals surface area contributed by atoms with Gasteiger partial charge in [0.25, 0.3) is 0 Å². The Labute approximate surface area is 124 Å². The highest BCUT2D eigenvalue weighted by molar-refractivity contribution is 5.93. The van der Waals surface area contributed by atoms with E-state index in [-0.39, 0.29) is 11.7 Å². The predicted octanol–water partition coefficient (Wildman–Crippen LogP) is 2.56. The van der Waals surface area contributed by atoms with Crippen LogP contribution in [-0.2, 0) is 4.74 Å². The summed E-state index contributed by atoms with van der Waals surface area (Å²) in [5.41, 5.74) is 0.808. The molecule has 0 bridgehead atoms. The normalized spacial score (nSPS) is 27.9. The van der Waals surface area contributed by atoms with Gasteiger partial charge in [-0.3, -0.25) is 4.98 Å². The second kappa shape index (κ2) is 6.26. The van der Waals surface area contributed by atoms with Crippen molar-refractivity contribution in [2.75, 3.05) is 18.5 Å². The van der Waals surface area contributed by atoms with Crippen molar-refractivity contribution < 1.29 is 14.6 Å². The molecule has 1 aliphatic carbocycles. The van der Waals surface area contributed by atoms with E-state index in [1.165, 1.54) is 12.3 Å². The predicted molar refractivity (Wildman–Crippen MR) is 79.4 cm³/mol. The van der Waals surface area contributed by atoms with Crippen molar-refractivity contribution in [3.05, 3.63) is 36.2 Å². The summed E-state index contributed by atoms with van der Waals surface area (Å²) in [6, 6.07) is 1.51. The molecule has 2 N–H and O–H groups in total. The largest absolute Gasteiger partial charge is 0.478 e. The average Bonchev–Trinajstić information content (AvgIpc) is 2.53. The maximum Gasteiger partial charge on any atom is 0.337 e. The van der Waals surface area contributed by atoms with Crippen LogP contribution in [0.3, 0.4) is 0 Å². The molecule has 0 spiro atoms. The van der Waals surface area contributed by atoms with Gasteiger partial charge in [0.2, 0.25) is 0 Å². The third-order valence-corrected chi connectivity index (χ3v) is 4.41. The highest BCUT2D eigenvalue weighted by Gasteiger charge is 2.33. The van der Waals surface area contributed by atoms with Gasteiger partial charge in [0.1, 0.15) is 0 Å². The van der Waals surface area contributed by atoms with Gasteiger partial charge in [-0.25, -0.2) is 4.79 Å². The second-order valence-corrected chi connectivity index (χ2v) is 5.64. The van der Waals surface area contributed by atoms with E-state index >= 15 is 0 Å². The molecule has 5 nitrogen and oxygen atoms in total. The molecule has 0 aromatic carbocycles. The van der Waals surface area contributed by atoms with Crippen LogP contribution in [0.2, 0.25) is 0 Å². The van der Waals surface area contributed by atoms with Crippen molar-refractivity contribution in [3.63, 3.8) is 0 Å². The zero-order valence-corrected chi connectivity index (χ0v) is 11.9. The fraction of sp³-hybridized carbons (Fsp3) is 0.500. The van der Waals surface area contributed by atoms with Crippen LogP contribution < -0.4 is 5.32 Å². The van der Waals surface area contributed by atoms with Gasteiger partial charge in [-0.2, -0.15) is 0 Å². The van der Waals surface area contributed by atoms with E-state index in [1.54, 1.807) is 6.20 Å². The molecule has 0 saturated carbocycles. The van der Waals surface area contributed by atoms with E-state index in [9.17, 15) is 9.90 Å². The van der Waals surface area contributed by atoms with Gasteiger partial charge < -0.3 is 15.2 Å². The molecule has 3 atom stereocenters. The number of hydrogen-bond donors (Lipinski definition) is 2. The van der Waals surface area contributed by atoms with Crippen LogP contribution in [0.1, 0.15) is 29.6 Å². The van der Waals surface area contributed by atoms with Crippen molar-refractivity contribution in [1.29, 1.82) is 0 Å². The Morgan fingerprint density at radius 3 is 3.24 bits per heavy atom. The molecular formula is C16H20N2O3. The fourth-order valence-corrected chi connectivity index (χ4v) is 3.31. The summed E-state index contributed by atoms with van der Waals surface area (Å²) in [5.74, 6) is 0.191. The molecule has 0 radical (unpaired) electrons. The SMILES string of the molecule is O=C(O)c1ccncc1NCC1OCCC2C=CCCC21. The number of fused-ring (bicyclic) bond motifs is 1. The number of anilines is 1. The number of pyridine rings is 1. The summed E-state index contributed by atoms with van der Waals surface area (Å²) < 4.78 is 5.91. The molecule has 3 rings (SSSR count). The highest BCUT2D eigenvalue weighted by Crippen LogP contribution is 2.35. The molecule has 5 heteroatoms. The lowest BCUT2D eigenvalue weighted by Gasteiger charge is -2.39. The smallest absolute Gasteiger partial charge is 0.337 e. The van der Waals surface area contributed by atoms with Gasteiger partial charge in [-0.1, -0.05) is 12.2 Å². The molecule has 2 aliphatic rings. The van der Waals surface area contributed by atoms with Gasteiger partial charge in [0.05, 0.1) is 23.6 Å². The zero-order chi connectivity index (χ0) is 14.7. The maximum absolute atomic E-state index is 11.2. The van der Waals surface area contributed by atoms with Gasteiger partial charge in [-0.15, -0.1) is 0 Å². The van der Waals surface area contributed by atoms with E-state index in [0.717, 1.165) is 25.9 Å². The molecular weight excluding hydrogens is 268 g/mol. The quantitative estimate of drug-likeness (QED) is 0.833. The van der Waals surface area contributed by atoms with Crippen molar-refractivity contribution in [1.82, 2.24) is 4.98 Å². The lowest BCUT2D eigenvalue weighted by molar-refractivity contribution is -0.0422. The molecule has 1 fully saturated rings. The summed E-state index contributed by atoms with van der Waals surface area (Å²) in [7, 11) is 0. The van der Waals surface area contributed by atoms with E-state index < -0.39 is 5.97 Å². The zero-order valence-electron chi connectivity index (χ0n) is 11.9. The van der Waals surface area contributed by atoms with Crippen LogP contribution in [0, 0.1) is 11.8 Å². The maximum atomic E-state index is 11.2. The van der Waals surface area contributed by atoms with Gasteiger partial charge >= 0.3 is 5.97 Å². The van der Waals surface area contributed by atoms with Crippen molar-refractivity contribution in [2.45, 2.75) is 25.4 Å². The minimum absolute atomic E-state index is 0.135. The van der Waals surface area contributed by atoms with Gasteiger partial charge in [0, 0.05) is 19.3 Å². The van der Waals surface area contributed by atoms with Crippen LogP contribution in [0.5, 0.6) is 0 Å². The molecule has 3 unspecified atom stereocenters. The molecule has 1 saturated heterocycles. The lowest BCUT2D eigenvalue weighted by Crippen LogP contribution is -2.41. The number of carbonyl (C=O) groups is 1. The molecule has 1 aliphatic heterocycles. The molecule has 1 aromatic rings. The number of ether oxygens (including phenoxy) is 1. The summed E-state index contributed by atoms with van der Waals surface area (Å²) in [4.78, 5) is 15.2. The number of aromatic nitrogens is 1. The standard InChI is InChI=1S/C16H20N2O3/c19-16(20)13-5-7-17-9-14(13)18-10-15-12-4-2-1-3-11(12)6-8-21-15/h1,3,5,7,9,11-12,15,18H,2,4,6,8,10H2,(H,19,20). The summed E-state index contributed by atoms with van der Waals surface area (Å²) in [6.45, 7) is 1.40. The number of nitrogens with one attached hydrogen (secondary N) is 1. The Kier molecular flexibility index (Phi) is 4.20. The number of nitrogens with zero attached hydrogens (tertiary/aromatic N) is 1. The Bertz CT molecular complexity index is 544. The first-order valence-electron chi connectivity index (χ1n) is 7.45. The first-order valence-corrected chi connectivity index (χ1v) is 7.45. The van der Waals surface area contributed by atoms with Crippen LogP contribution >= 0.6 is 0 Å². The highest BCUT2D eigenvalue weighted by atomic mass is 16.5. The second-order valence-electron chi connectivity index (χ2n) is 5.64. The fourth-order valence-electron chi connectivity index (χ4n) is 3.31. The van der Waals surface area contributed by atoms with Crippen LogP contribution in [-0.4, -0.2) is 35.3 Å². The summed E-state index contributed by atoms with van der Waals surface area (Å²) in [6.07, 6.45) is 11.1. The number of rotatable bonds is 4. The lowest BCUT2D eigenvalue weighted by atomic mass is 9.77. The minimum Gasteiger partial charge on any atom is -0.478 e.